The van der Waals surface area contributed by atoms with E-state index in [1.807, 2.05) is 0 Å². The minimum atomic E-state index is 0. The third-order valence-corrected chi connectivity index (χ3v) is 3.79. The zero-order chi connectivity index (χ0) is 14.7. The zero-order valence-corrected chi connectivity index (χ0v) is 21.6. The lowest BCUT2D eigenvalue weighted by Gasteiger charge is -2.37. The van der Waals surface area contributed by atoms with Crippen LogP contribution >= 0.6 is 37.2 Å². The van der Waals surface area contributed by atoms with E-state index < -0.39 is 0 Å². The van der Waals surface area contributed by atoms with Gasteiger partial charge in [0.15, 0.2) is 0 Å². The molecule has 0 aromatic carbocycles. The van der Waals surface area contributed by atoms with Gasteiger partial charge in [-0.05, 0) is 20.3 Å². The smallest absolute Gasteiger partial charge is 0.0840 e. The van der Waals surface area contributed by atoms with Gasteiger partial charge < -0.3 is 42.9 Å². The molecule has 0 aliphatic heterocycles. The van der Waals surface area contributed by atoms with E-state index in [1.54, 1.807) is 0 Å². The van der Waals surface area contributed by atoms with Crippen LogP contribution in [0, 0.1) is 0 Å². The SMILES string of the molecule is C.C.CCCC[N+](CC)(CC)CCC[N+](C)(C)C.II.[Br-].[Br-]. The van der Waals surface area contributed by atoms with Crippen LogP contribution in [0.25, 0.3) is 0 Å². The molecule has 144 valence electrons. The van der Waals surface area contributed by atoms with E-state index in [2.05, 4.69) is 79.1 Å². The maximum atomic E-state index is 2.35. The molecule has 0 heterocycles. The Labute approximate surface area is 187 Å². The molecule has 0 aliphatic rings. The molecular formula is C16H42Br2I2N2. The Morgan fingerprint density at radius 3 is 1.32 bits per heavy atom. The Morgan fingerprint density at radius 2 is 1.05 bits per heavy atom. The summed E-state index contributed by atoms with van der Waals surface area (Å²) in [6.45, 7) is 13.6. The highest BCUT2D eigenvalue weighted by molar-refractivity contribution is 15.0. The minimum Gasteiger partial charge on any atom is -1.00 e. The summed E-state index contributed by atoms with van der Waals surface area (Å²) in [4.78, 5) is 0. The molecule has 0 aliphatic carbocycles. The van der Waals surface area contributed by atoms with Crippen LogP contribution in [0.3, 0.4) is 0 Å². The number of unbranched alkanes of at least 4 members (excludes halogenated alkanes) is 1. The van der Waals surface area contributed by atoms with Gasteiger partial charge in [0.05, 0.1) is 53.9 Å². The van der Waals surface area contributed by atoms with Gasteiger partial charge in [0, 0.05) is 43.7 Å². The molecule has 2 nitrogen and oxygen atoms in total. The van der Waals surface area contributed by atoms with Crippen LogP contribution < -0.4 is 34.0 Å². The lowest BCUT2D eigenvalue weighted by atomic mass is 10.2. The van der Waals surface area contributed by atoms with Crippen LogP contribution in [-0.2, 0) is 0 Å². The Morgan fingerprint density at radius 1 is 0.682 bits per heavy atom. The molecule has 0 saturated heterocycles. The summed E-state index contributed by atoms with van der Waals surface area (Å²) in [5.41, 5.74) is 0. The molecule has 0 aromatic rings. The van der Waals surface area contributed by atoms with Crippen LogP contribution in [0.4, 0.5) is 0 Å². The van der Waals surface area contributed by atoms with Gasteiger partial charge in [-0.3, -0.25) is 0 Å². The molecular weight excluding hydrogens is 634 g/mol. The van der Waals surface area contributed by atoms with Crippen molar-refractivity contribution in [1.29, 1.82) is 0 Å². The van der Waals surface area contributed by atoms with Crippen molar-refractivity contribution in [3.63, 3.8) is 0 Å². The lowest BCUT2D eigenvalue weighted by molar-refractivity contribution is -0.930. The Hall–Kier alpha value is 2.34. The van der Waals surface area contributed by atoms with Crippen molar-refractivity contribution >= 4 is 37.2 Å². The largest absolute Gasteiger partial charge is 1.00 e. The van der Waals surface area contributed by atoms with Crippen molar-refractivity contribution in [2.75, 3.05) is 53.9 Å². The second-order valence-corrected chi connectivity index (χ2v) is 6.14. The Bertz CT molecular complexity index is 185. The van der Waals surface area contributed by atoms with E-state index in [4.69, 9.17) is 0 Å². The van der Waals surface area contributed by atoms with Gasteiger partial charge in [0.25, 0.3) is 0 Å². The predicted molar refractivity (Wildman–Crippen MR) is 115 cm³/mol. The summed E-state index contributed by atoms with van der Waals surface area (Å²) in [5, 5.41) is 0. The van der Waals surface area contributed by atoms with Crippen LogP contribution in [-0.4, -0.2) is 62.8 Å². The van der Waals surface area contributed by atoms with Gasteiger partial charge in [0.2, 0.25) is 0 Å². The molecule has 0 unspecified atom stereocenters. The van der Waals surface area contributed by atoms with E-state index in [0.29, 0.717) is 0 Å². The molecule has 0 saturated carbocycles. The monoisotopic (exact) mass is 674 g/mol. The second-order valence-electron chi connectivity index (χ2n) is 6.14. The molecule has 22 heavy (non-hydrogen) atoms. The topological polar surface area (TPSA) is 0 Å². The van der Waals surface area contributed by atoms with Crippen LogP contribution in [0.15, 0.2) is 0 Å². The fourth-order valence-corrected chi connectivity index (χ4v) is 2.34. The first-order valence-electron chi connectivity index (χ1n) is 7.19. The highest BCUT2D eigenvalue weighted by atomic mass is 128. The number of quaternary nitrogens is 2. The van der Waals surface area contributed by atoms with Gasteiger partial charge in [0.1, 0.15) is 0 Å². The zero-order valence-electron chi connectivity index (χ0n) is 14.1. The summed E-state index contributed by atoms with van der Waals surface area (Å²) >= 11 is 4.24. The standard InChI is InChI=1S/C14H34N2.2CH4.2BrH.I2/c1-7-10-13-16(8-2,9-3)14-11-12-15(4,5)6;;;;;1-2/h7-14H2,1-6H3;2*1H4;2*1H;/q+2;;;;;/p-2. The molecule has 0 aromatic heterocycles. The van der Waals surface area contributed by atoms with Crippen molar-refractivity contribution in [3.8, 4) is 0 Å². The Kier molecular flexibility index (Phi) is 41.8. The normalized spacial score (nSPS) is 9.82. The number of hydrogen-bond donors (Lipinski definition) is 0. The lowest BCUT2D eigenvalue weighted by Crippen LogP contribution is -3.00. The van der Waals surface area contributed by atoms with Crippen molar-refractivity contribution in [2.45, 2.75) is 54.9 Å². The van der Waals surface area contributed by atoms with Crippen molar-refractivity contribution < 1.29 is 42.9 Å². The van der Waals surface area contributed by atoms with E-state index in [1.165, 1.54) is 56.5 Å². The van der Waals surface area contributed by atoms with Gasteiger partial charge in [-0.1, -0.05) is 28.2 Å². The average Bonchev–Trinajstić information content (AvgIpc) is 2.35. The average molecular weight is 676 g/mol. The molecule has 0 amide bonds. The minimum absolute atomic E-state index is 0. The molecule has 0 N–H and O–H groups in total. The molecule has 0 atom stereocenters. The molecule has 0 fully saturated rings. The third kappa shape index (κ3) is 22.3. The fraction of sp³-hybridized carbons (Fsp3) is 1.00. The molecule has 6 heteroatoms. The summed E-state index contributed by atoms with van der Waals surface area (Å²) in [6.07, 6.45) is 4.07. The molecule has 0 spiro atoms. The van der Waals surface area contributed by atoms with Crippen LogP contribution in [0.5, 0.6) is 0 Å². The summed E-state index contributed by atoms with van der Waals surface area (Å²) in [7, 11) is 6.87. The van der Waals surface area contributed by atoms with E-state index in [0.717, 1.165) is 4.48 Å². The molecule has 0 bridgehead atoms. The van der Waals surface area contributed by atoms with E-state index in [-0.39, 0.29) is 48.8 Å². The van der Waals surface area contributed by atoms with Gasteiger partial charge in [-0.2, -0.15) is 0 Å². The maximum Gasteiger partial charge on any atom is 0.0840 e. The number of nitrogens with zero attached hydrogens (tertiary/aromatic N) is 2. The first-order chi connectivity index (χ1) is 8.39. The van der Waals surface area contributed by atoms with Gasteiger partial charge >= 0.3 is 0 Å². The first-order valence-corrected chi connectivity index (χ1v) is 13.5. The van der Waals surface area contributed by atoms with Crippen LogP contribution in [0.1, 0.15) is 54.9 Å². The van der Waals surface area contributed by atoms with Gasteiger partial charge in [-0.15, -0.1) is 0 Å². The number of hydrogen-bond acceptors (Lipinski definition) is 0. The highest BCUT2D eigenvalue weighted by Gasteiger charge is 2.23. The number of halogens is 4. The summed E-state index contributed by atoms with van der Waals surface area (Å²) in [6, 6.07) is 0. The fourth-order valence-electron chi connectivity index (χ4n) is 2.34. The molecule has 0 radical (unpaired) electrons. The predicted octanol–water partition coefficient (Wildman–Crippen LogP) is -0.209. The van der Waals surface area contributed by atoms with Crippen molar-refractivity contribution in [2.24, 2.45) is 0 Å². The van der Waals surface area contributed by atoms with Crippen molar-refractivity contribution in [1.82, 2.24) is 0 Å². The maximum absolute atomic E-state index is 2.35. The second kappa shape index (κ2) is 23.3. The third-order valence-electron chi connectivity index (χ3n) is 3.79. The number of rotatable bonds is 9. The van der Waals surface area contributed by atoms with Crippen molar-refractivity contribution in [3.05, 3.63) is 0 Å². The highest BCUT2D eigenvalue weighted by Crippen LogP contribution is 2.11. The summed E-state index contributed by atoms with van der Waals surface area (Å²) < 4.78 is 2.43. The summed E-state index contributed by atoms with van der Waals surface area (Å²) in [5.74, 6) is 0. The van der Waals surface area contributed by atoms with Gasteiger partial charge in [-0.25, -0.2) is 0 Å². The first kappa shape index (κ1) is 39.4. The quantitative estimate of drug-likeness (QED) is 0.235. The Balaban J connectivity index is -0.000000102. The van der Waals surface area contributed by atoms with E-state index >= 15 is 0 Å². The van der Waals surface area contributed by atoms with Crippen LogP contribution in [0.2, 0.25) is 0 Å². The van der Waals surface area contributed by atoms with E-state index in [9.17, 15) is 0 Å². The molecule has 0 rings (SSSR count).